The maximum atomic E-state index is 12.8. The molecule has 4 rings (SSSR count). The molecule has 0 saturated heterocycles. The van der Waals surface area contributed by atoms with E-state index in [4.69, 9.17) is 16.3 Å². The van der Waals surface area contributed by atoms with Gasteiger partial charge in [-0.1, -0.05) is 17.7 Å². The first-order chi connectivity index (χ1) is 14.3. The zero-order valence-corrected chi connectivity index (χ0v) is 18.3. The van der Waals surface area contributed by atoms with E-state index in [1.165, 1.54) is 4.90 Å². The largest absolute Gasteiger partial charge is 0.479 e. The van der Waals surface area contributed by atoms with Crippen LogP contribution >= 0.6 is 22.9 Å². The van der Waals surface area contributed by atoms with Gasteiger partial charge < -0.3 is 10.1 Å². The maximum Gasteiger partial charge on any atom is 0.268 e. The zero-order valence-electron chi connectivity index (χ0n) is 16.7. The van der Waals surface area contributed by atoms with Gasteiger partial charge in [0.1, 0.15) is 12.3 Å². The molecule has 8 heteroatoms. The molecule has 2 heterocycles. The van der Waals surface area contributed by atoms with Gasteiger partial charge >= 0.3 is 0 Å². The minimum atomic E-state index is -0.675. The van der Waals surface area contributed by atoms with Gasteiger partial charge in [0.2, 0.25) is 5.91 Å². The molecule has 1 N–H and O–H groups in total. The summed E-state index contributed by atoms with van der Waals surface area (Å²) in [6, 6.07) is 10.8. The Balaban J connectivity index is 1.63. The Bertz CT molecular complexity index is 1140. The normalized spacial score (nSPS) is 15.5. The number of aromatic nitrogens is 1. The SMILES string of the molecule is Cc1nc(-c2ccc3c(c2)N(CC(=O)Nc2cc(Cl)ccc2C)C(=O)C(C)O3)cs1. The first-order valence-electron chi connectivity index (χ1n) is 9.42. The number of ether oxygens (including phenoxy) is 1. The molecule has 2 aromatic carbocycles. The number of aryl methyl sites for hydroxylation is 2. The zero-order chi connectivity index (χ0) is 21.4. The first-order valence-corrected chi connectivity index (χ1v) is 10.7. The summed E-state index contributed by atoms with van der Waals surface area (Å²) in [5.41, 5.74) is 3.74. The number of nitrogens with one attached hydrogen (secondary N) is 1. The Hall–Kier alpha value is -2.90. The Labute approximate surface area is 183 Å². The number of thiazole rings is 1. The van der Waals surface area contributed by atoms with Gasteiger partial charge in [0.25, 0.3) is 5.91 Å². The van der Waals surface area contributed by atoms with Crippen LogP contribution in [0.5, 0.6) is 5.75 Å². The standard InChI is InChI=1S/C22H20ClN3O3S/c1-12-4-6-16(23)9-17(12)25-21(27)10-26-19-8-15(18-11-30-14(3)24-18)5-7-20(19)29-13(2)22(26)28/h4-9,11,13H,10H2,1-3H3,(H,25,27). The van der Waals surface area contributed by atoms with Crippen LogP contribution in [0.3, 0.4) is 0 Å². The van der Waals surface area contributed by atoms with E-state index in [2.05, 4.69) is 10.3 Å². The molecule has 0 radical (unpaired) electrons. The minimum absolute atomic E-state index is 0.134. The predicted octanol–water partition coefficient (Wildman–Crippen LogP) is 4.83. The number of anilines is 2. The van der Waals surface area contributed by atoms with Crippen molar-refractivity contribution >= 4 is 46.1 Å². The van der Waals surface area contributed by atoms with Gasteiger partial charge in [-0.2, -0.15) is 0 Å². The van der Waals surface area contributed by atoms with E-state index in [9.17, 15) is 9.59 Å². The molecule has 30 heavy (non-hydrogen) atoms. The summed E-state index contributed by atoms with van der Waals surface area (Å²) < 4.78 is 5.75. The van der Waals surface area contributed by atoms with Crippen molar-refractivity contribution in [3.63, 3.8) is 0 Å². The number of rotatable bonds is 4. The van der Waals surface area contributed by atoms with Gasteiger partial charge in [-0.15, -0.1) is 11.3 Å². The third-order valence-electron chi connectivity index (χ3n) is 4.86. The number of carbonyl (C=O) groups excluding carboxylic acids is 2. The number of benzene rings is 2. The molecule has 0 fully saturated rings. The summed E-state index contributed by atoms with van der Waals surface area (Å²) >= 11 is 7.60. The molecular formula is C22H20ClN3O3S. The number of halogens is 1. The quantitative estimate of drug-likeness (QED) is 0.629. The molecule has 154 valence electrons. The van der Waals surface area contributed by atoms with Crippen LogP contribution in [0.15, 0.2) is 41.8 Å². The average molecular weight is 442 g/mol. The Morgan fingerprint density at radius 1 is 1.27 bits per heavy atom. The number of hydrogen-bond acceptors (Lipinski definition) is 5. The Morgan fingerprint density at radius 3 is 2.80 bits per heavy atom. The van der Waals surface area contributed by atoms with E-state index in [1.807, 2.05) is 43.5 Å². The molecule has 6 nitrogen and oxygen atoms in total. The van der Waals surface area contributed by atoms with Crippen LogP contribution in [-0.2, 0) is 9.59 Å². The van der Waals surface area contributed by atoms with Crippen molar-refractivity contribution in [2.45, 2.75) is 26.9 Å². The molecule has 1 unspecified atom stereocenters. The second-order valence-electron chi connectivity index (χ2n) is 7.13. The minimum Gasteiger partial charge on any atom is -0.479 e. The van der Waals surface area contributed by atoms with Crippen LogP contribution in [0.25, 0.3) is 11.3 Å². The van der Waals surface area contributed by atoms with Crippen LogP contribution in [-0.4, -0.2) is 29.4 Å². The lowest BCUT2D eigenvalue weighted by molar-refractivity contribution is -0.127. The van der Waals surface area contributed by atoms with E-state index in [0.717, 1.165) is 21.8 Å². The van der Waals surface area contributed by atoms with Gasteiger partial charge in [0, 0.05) is 21.7 Å². The van der Waals surface area contributed by atoms with E-state index in [1.54, 1.807) is 30.4 Å². The van der Waals surface area contributed by atoms with Gasteiger partial charge in [-0.25, -0.2) is 4.98 Å². The highest BCUT2D eigenvalue weighted by molar-refractivity contribution is 7.09. The molecule has 0 saturated carbocycles. The fraction of sp³-hybridized carbons (Fsp3) is 0.227. The van der Waals surface area contributed by atoms with Crippen LogP contribution in [0.1, 0.15) is 17.5 Å². The van der Waals surface area contributed by atoms with E-state index < -0.39 is 6.10 Å². The lowest BCUT2D eigenvalue weighted by atomic mass is 10.1. The lowest BCUT2D eigenvalue weighted by Crippen LogP contribution is -2.47. The van der Waals surface area contributed by atoms with Crippen molar-refractivity contribution in [2.24, 2.45) is 0 Å². The summed E-state index contributed by atoms with van der Waals surface area (Å²) in [5, 5.41) is 6.29. The Morgan fingerprint density at radius 2 is 2.07 bits per heavy atom. The fourth-order valence-electron chi connectivity index (χ4n) is 3.29. The van der Waals surface area contributed by atoms with E-state index in [0.29, 0.717) is 22.1 Å². The third kappa shape index (κ3) is 4.04. The summed E-state index contributed by atoms with van der Waals surface area (Å²) in [7, 11) is 0. The summed E-state index contributed by atoms with van der Waals surface area (Å²) in [6.45, 7) is 5.36. The molecule has 1 aliphatic heterocycles. The second-order valence-corrected chi connectivity index (χ2v) is 8.62. The van der Waals surface area contributed by atoms with Crippen LogP contribution in [0, 0.1) is 13.8 Å². The predicted molar refractivity (Wildman–Crippen MR) is 120 cm³/mol. The van der Waals surface area contributed by atoms with Gasteiger partial charge in [-0.05, 0) is 56.7 Å². The second kappa shape index (κ2) is 8.08. The monoisotopic (exact) mass is 441 g/mol. The number of amides is 2. The molecular weight excluding hydrogens is 422 g/mol. The van der Waals surface area contributed by atoms with Gasteiger partial charge in [0.15, 0.2) is 6.10 Å². The molecule has 0 spiro atoms. The van der Waals surface area contributed by atoms with E-state index >= 15 is 0 Å². The average Bonchev–Trinajstić information content (AvgIpc) is 3.14. The summed E-state index contributed by atoms with van der Waals surface area (Å²) in [6.07, 6.45) is -0.675. The van der Waals surface area contributed by atoms with Crippen molar-refractivity contribution in [1.82, 2.24) is 4.98 Å². The third-order valence-corrected chi connectivity index (χ3v) is 5.87. The maximum absolute atomic E-state index is 12.8. The topological polar surface area (TPSA) is 71.5 Å². The number of carbonyl (C=O) groups is 2. The smallest absolute Gasteiger partial charge is 0.268 e. The Kier molecular flexibility index (Phi) is 5.49. The summed E-state index contributed by atoms with van der Waals surface area (Å²) in [5.74, 6) is -0.0275. The fourth-order valence-corrected chi connectivity index (χ4v) is 4.08. The molecule has 1 atom stereocenters. The molecule has 0 aliphatic carbocycles. The van der Waals surface area contributed by atoms with E-state index in [-0.39, 0.29) is 18.4 Å². The van der Waals surface area contributed by atoms with Crippen molar-refractivity contribution in [1.29, 1.82) is 0 Å². The lowest BCUT2D eigenvalue weighted by Gasteiger charge is -2.33. The van der Waals surface area contributed by atoms with Crippen molar-refractivity contribution in [3.05, 3.63) is 57.4 Å². The molecule has 2 amide bonds. The van der Waals surface area contributed by atoms with Crippen molar-refractivity contribution < 1.29 is 14.3 Å². The van der Waals surface area contributed by atoms with Crippen molar-refractivity contribution in [2.75, 3.05) is 16.8 Å². The number of hydrogen-bond donors (Lipinski definition) is 1. The van der Waals surface area contributed by atoms with Crippen LogP contribution < -0.4 is 15.0 Å². The molecule has 1 aliphatic rings. The number of fused-ring (bicyclic) bond motifs is 1. The summed E-state index contributed by atoms with van der Waals surface area (Å²) in [4.78, 5) is 31.6. The van der Waals surface area contributed by atoms with Gasteiger partial charge in [-0.3, -0.25) is 14.5 Å². The van der Waals surface area contributed by atoms with Crippen LogP contribution in [0.2, 0.25) is 5.02 Å². The number of nitrogens with zero attached hydrogens (tertiary/aromatic N) is 2. The molecule has 1 aromatic heterocycles. The molecule has 3 aromatic rings. The highest BCUT2D eigenvalue weighted by Gasteiger charge is 2.33. The highest BCUT2D eigenvalue weighted by atomic mass is 35.5. The van der Waals surface area contributed by atoms with Crippen LogP contribution in [0.4, 0.5) is 11.4 Å². The van der Waals surface area contributed by atoms with Gasteiger partial charge in [0.05, 0.1) is 16.4 Å². The van der Waals surface area contributed by atoms with Crippen molar-refractivity contribution in [3.8, 4) is 17.0 Å². The molecule has 0 bridgehead atoms. The highest BCUT2D eigenvalue weighted by Crippen LogP contribution is 2.37. The first kappa shape index (κ1) is 20.4.